The Balaban J connectivity index is 1.48. The van der Waals surface area contributed by atoms with E-state index in [-0.39, 0.29) is 6.09 Å². The van der Waals surface area contributed by atoms with Crippen molar-refractivity contribution in [2.75, 3.05) is 20.1 Å². The fourth-order valence-corrected chi connectivity index (χ4v) is 7.26. The standard InChI is InChI=1S/C22H33N3O4S3/c1-15-24-18(14-30-15)19-10-11-20(31-19)32(27,28)25(5)13-17-8-6-16(7-9-17)12-23-21(26)29-22(2,3)4/h10-11,14,16-17H,6-9,12-13H2,1-5H3,(H,23,26)/t16-,17-. The highest BCUT2D eigenvalue weighted by Gasteiger charge is 2.29. The van der Waals surface area contributed by atoms with Gasteiger partial charge in [0.1, 0.15) is 9.81 Å². The maximum absolute atomic E-state index is 13.1. The van der Waals surface area contributed by atoms with E-state index in [1.807, 2.05) is 39.1 Å². The van der Waals surface area contributed by atoms with Crippen LogP contribution in [0, 0.1) is 18.8 Å². The number of carbonyl (C=O) groups excluding carboxylic acids is 1. The molecule has 1 aliphatic carbocycles. The number of alkyl carbamates (subject to hydrolysis) is 1. The van der Waals surface area contributed by atoms with Crippen molar-refractivity contribution in [3.8, 4) is 10.6 Å². The van der Waals surface area contributed by atoms with E-state index in [9.17, 15) is 13.2 Å². The number of sulfonamides is 1. The van der Waals surface area contributed by atoms with E-state index in [2.05, 4.69) is 10.3 Å². The number of thiazole rings is 1. The lowest BCUT2D eigenvalue weighted by atomic mass is 9.82. The molecule has 1 N–H and O–H groups in total. The zero-order valence-electron chi connectivity index (χ0n) is 19.4. The van der Waals surface area contributed by atoms with Crippen molar-refractivity contribution < 1.29 is 17.9 Å². The van der Waals surface area contributed by atoms with Crippen molar-refractivity contribution in [2.24, 2.45) is 11.8 Å². The van der Waals surface area contributed by atoms with Crippen molar-refractivity contribution in [3.05, 3.63) is 22.5 Å². The van der Waals surface area contributed by atoms with Crippen LogP contribution in [-0.4, -0.2) is 49.5 Å². The molecule has 0 radical (unpaired) electrons. The SMILES string of the molecule is Cc1nc(-c2ccc(S(=O)(=O)N(C)C[C@H]3CC[C@H](CNC(=O)OC(C)(C)C)CC3)s2)cs1. The molecule has 0 bridgehead atoms. The monoisotopic (exact) mass is 499 g/mol. The number of amides is 1. The normalized spacial score (nSPS) is 19.8. The molecule has 2 aromatic heterocycles. The van der Waals surface area contributed by atoms with Gasteiger partial charge in [0, 0.05) is 25.5 Å². The second kappa shape index (κ2) is 10.2. The molecule has 1 fully saturated rings. The largest absolute Gasteiger partial charge is 0.444 e. The van der Waals surface area contributed by atoms with Crippen LogP contribution in [0.2, 0.25) is 0 Å². The maximum Gasteiger partial charge on any atom is 0.407 e. The highest BCUT2D eigenvalue weighted by molar-refractivity contribution is 7.91. The number of ether oxygens (including phenoxy) is 1. The molecule has 2 heterocycles. The van der Waals surface area contributed by atoms with Gasteiger partial charge >= 0.3 is 6.09 Å². The van der Waals surface area contributed by atoms with Gasteiger partial charge in [0.2, 0.25) is 0 Å². The fourth-order valence-electron chi connectivity index (χ4n) is 3.85. The molecule has 32 heavy (non-hydrogen) atoms. The third-order valence-corrected chi connectivity index (χ3v) is 9.70. The Morgan fingerprint density at radius 3 is 2.47 bits per heavy atom. The summed E-state index contributed by atoms with van der Waals surface area (Å²) in [5, 5.41) is 5.78. The molecule has 10 heteroatoms. The number of carbonyl (C=O) groups is 1. The third-order valence-electron chi connectivity index (χ3n) is 5.53. The summed E-state index contributed by atoms with van der Waals surface area (Å²) < 4.78 is 33.3. The molecule has 1 saturated carbocycles. The predicted octanol–water partition coefficient (Wildman–Crippen LogP) is 5.13. The summed E-state index contributed by atoms with van der Waals surface area (Å²) >= 11 is 2.83. The van der Waals surface area contributed by atoms with Crippen LogP contribution in [0.4, 0.5) is 4.79 Å². The Morgan fingerprint density at radius 2 is 1.88 bits per heavy atom. The van der Waals surface area contributed by atoms with Gasteiger partial charge in [-0.3, -0.25) is 0 Å². The Bertz CT molecular complexity index is 1020. The Labute approximate surface area is 199 Å². The summed E-state index contributed by atoms with van der Waals surface area (Å²) in [6.07, 6.45) is 3.47. The van der Waals surface area contributed by atoms with Crippen LogP contribution in [0.3, 0.4) is 0 Å². The summed E-state index contributed by atoms with van der Waals surface area (Å²) in [4.78, 5) is 17.2. The van der Waals surface area contributed by atoms with E-state index >= 15 is 0 Å². The molecule has 0 saturated heterocycles. The number of nitrogens with one attached hydrogen (secondary N) is 1. The van der Waals surface area contributed by atoms with E-state index in [0.29, 0.717) is 29.1 Å². The molecule has 2 aromatic rings. The van der Waals surface area contributed by atoms with Gasteiger partial charge in [-0.25, -0.2) is 18.2 Å². The van der Waals surface area contributed by atoms with Crippen molar-refractivity contribution in [1.82, 2.24) is 14.6 Å². The van der Waals surface area contributed by atoms with Gasteiger partial charge in [0.15, 0.2) is 0 Å². The summed E-state index contributed by atoms with van der Waals surface area (Å²) in [5.41, 5.74) is 0.334. The minimum absolute atomic E-state index is 0.327. The van der Waals surface area contributed by atoms with Gasteiger partial charge in [-0.1, -0.05) is 0 Å². The van der Waals surface area contributed by atoms with Crippen LogP contribution in [0.5, 0.6) is 0 Å². The number of aromatic nitrogens is 1. The lowest BCUT2D eigenvalue weighted by Gasteiger charge is -2.31. The van der Waals surface area contributed by atoms with E-state index in [1.54, 1.807) is 24.5 Å². The van der Waals surface area contributed by atoms with E-state index < -0.39 is 15.6 Å². The zero-order valence-corrected chi connectivity index (χ0v) is 21.8. The van der Waals surface area contributed by atoms with Gasteiger partial charge in [-0.15, -0.1) is 22.7 Å². The molecule has 0 aromatic carbocycles. The molecule has 1 amide bonds. The number of thiophene rings is 1. The van der Waals surface area contributed by atoms with E-state index in [0.717, 1.165) is 41.3 Å². The molecule has 1 aliphatic rings. The first-order valence-electron chi connectivity index (χ1n) is 10.9. The van der Waals surface area contributed by atoms with Gasteiger partial charge in [-0.2, -0.15) is 4.31 Å². The molecule has 178 valence electrons. The Kier molecular flexibility index (Phi) is 8.01. The molecule has 7 nitrogen and oxygen atoms in total. The topological polar surface area (TPSA) is 88.6 Å². The summed E-state index contributed by atoms with van der Waals surface area (Å²) in [7, 11) is -1.85. The van der Waals surface area contributed by atoms with Crippen LogP contribution < -0.4 is 5.32 Å². The minimum Gasteiger partial charge on any atom is -0.444 e. The molecule has 3 rings (SSSR count). The third kappa shape index (κ3) is 6.76. The molecular formula is C22H33N3O4S3. The number of nitrogens with zero attached hydrogens (tertiary/aromatic N) is 2. The van der Waals surface area contributed by atoms with Crippen LogP contribution in [0.1, 0.15) is 51.5 Å². The summed E-state index contributed by atoms with van der Waals surface area (Å²) in [5.74, 6) is 0.732. The van der Waals surface area contributed by atoms with Gasteiger partial charge < -0.3 is 10.1 Å². The molecule has 0 unspecified atom stereocenters. The van der Waals surface area contributed by atoms with Gasteiger partial charge in [0.25, 0.3) is 10.0 Å². The quantitative estimate of drug-likeness (QED) is 0.570. The smallest absolute Gasteiger partial charge is 0.407 e. The van der Waals surface area contributed by atoms with Crippen molar-refractivity contribution in [2.45, 2.75) is 63.2 Å². The second-order valence-electron chi connectivity index (χ2n) is 9.43. The molecular weight excluding hydrogens is 466 g/mol. The zero-order chi connectivity index (χ0) is 23.5. The lowest BCUT2D eigenvalue weighted by molar-refractivity contribution is 0.0513. The average molecular weight is 500 g/mol. The van der Waals surface area contributed by atoms with Crippen molar-refractivity contribution in [1.29, 1.82) is 0 Å². The van der Waals surface area contributed by atoms with Crippen LogP contribution in [-0.2, 0) is 14.8 Å². The summed E-state index contributed by atoms with van der Waals surface area (Å²) in [6.45, 7) is 8.59. The van der Waals surface area contributed by atoms with Crippen molar-refractivity contribution in [3.63, 3.8) is 0 Å². The van der Waals surface area contributed by atoms with E-state index in [4.69, 9.17) is 4.74 Å². The fraction of sp³-hybridized carbons (Fsp3) is 0.636. The van der Waals surface area contributed by atoms with Gasteiger partial charge in [-0.05, 0) is 77.3 Å². The number of hydrogen-bond acceptors (Lipinski definition) is 7. The second-order valence-corrected chi connectivity index (χ2v) is 13.8. The highest BCUT2D eigenvalue weighted by Crippen LogP contribution is 2.34. The van der Waals surface area contributed by atoms with Crippen molar-refractivity contribution >= 4 is 38.8 Å². The Hall–Kier alpha value is -1.49. The Morgan fingerprint density at radius 1 is 1.22 bits per heavy atom. The first-order valence-corrected chi connectivity index (χ1v) is 14.0. The average Bonchev–Trinajstić information content (AvgIpc) is 3.35. The number of aryl methyl sites for hydroxylation is 1. The predicted molar refractivity (Wildman–Crippen MR) is 130 cm³/mol. The van der Waals surface area contributed by atoms with Crippen LogP contribution in [0.25, 0.3) is 10.6 Å². The number of hydrogen-bond donors (Lipinski definition) is 1. The molecule has 0 atom stereocenters. The first kappa shape index (κ1) is 25.1. The lowest BCUT2D eigenvalue weighted by Crippen LogP contribution is -2.37. The summed E-state index contributed by atoms with van der Waals surface area (Å²) in [6, 6.07) is 3.52. The minimum atomic E-state index is -3.52. The van der Waals surface area contributed by atoms with Gasteiger partial charge in [0.05, 0.1) is 15.6 Å². The molecule has 0 aliphatic heterocycles. The molecule has 0 spiro atoms. The highest BCUT2D eigenvalue weighted by atomic mass is 32.2. The van der Waals surface area contributed by atoms with Crippen LogP contribution >= 0.6 is 22.7 Å². The number of rotatable bonds is 7. The first-order chi connectivity index (χ1) is 14.9. The van der Waals surface area contributed by atoms with E-state index in [1.165, 1.54) is 15.6 Å². The maximum atomic E-state index is 13.1. The van der Waals surface area contributed by atoms with Crippen LogP contribution in [0.15, 0.2) is 21.7 Å².